The number of amides is 1. The maximum atomic E-state index is 13.2. The van der Waals surface area contributed by atoms with Gasteiger partial charge in [0.1, 0.15) is 0 Å². The Labute approximate surface area is 197 Å². The maximum absolute atomic E-state index is 13.2. The van der Waals surface area contributed by atoms with Crippen LogP contribution in [0.4, 0.5) is 17.1 Å². The molecule has 0 spiro atoms. The number of nitrogens with one attached hydrogen (secondary N) is 1. The number of rotatable bonds is 8. The van der Waals surface area contributed by atoms with Crippen molar-refractivity contribution in [1.29, 1.82) is 0 Å². The molecule has 10 nitrogen and oxygen atoms in total. The predicted octanol–water partition coefficient (Wildman–Crippen LogP) is 3.37. The van der Waals surface area contributed by atoms with Crippen molar-refractivity contribution in [1.82, 2.24) is 4.31 Å². The van der Waals surface area contributed by atoms with Crippen LogP contribution in [-0.4, -0.2) is 62.9 Å². The molecule has 2 aromatic rings. The predicted molar refractivity (Wildman–Crippen MR) is 126 cm³/mol. The zero-order chi connectivity index (χ0) is 24.2. The van der Waals surface area contributed by atoms with Crippen molar-refractivity contribution in [3.8, 4) is 0 Å². The van der Waals surface area contributed by atoms with Crippen molar-refractivity contribution in [2.24, 2.45) is 0 Å². The van der Waals surface area contributed by atoms with E-state index in [-0.39, 0.29) is 26.9 Å². The van der Waals surface area contributed by atoms with E-state index in [9.17, 15) is 23.3 Å². The molecule has 0 aromatic heterocycles. The molecule has 1 fully saturated rings. The highest BCUT2D eigenvalue weighted by atomic mass is 35.5. The molecule has 1 aliphatic rings. The van der Waals surface area contributed by atoms with E-state index in [0.29, 0.717) is 45.1 Å². The minimum Gasteiger partial charge on any atom is -0.378 e. The van der Waals surface area contributed by atoms with E-state index in [1.165, 1.54) is 40.7 Å². The lowest BCUT2D eigenvalue weighted by Gasteiger charge is -2.30. The number of carbonyl (C=O) groups excluding carboxylic acids is 1. The van der Waals surface area contributed by atoms with Crippen LogP contribution in [0, 0.1) is 10.1 Å². The average Bonchev–Trinajstić information content (AvgIpc) is 2.81. The number of sulfonamides is 1. The summed E-state index contributed by atoms with van der Waals surface area (Å²) in [5, 5.41) is 14.1. The van der Waals surface area contributed by atoms with Gasteiger partial charge in [-0.1, -0.05) is 25.4 Å². The number of anilines is 2. The van der Waals surface area contributed by atoms with E-state index in [4.69, 9.17) is 16.3 Å². The van der Waals surface area contributed by atoms with Crippen molar-refractivity contribution in [2.75, 3.05) is 49.6 Å². The lowest BCUT2D eigenvalue weighted by atomic mass is 10.1. The number of hydrogen-bond acceptors (Lipinski definition) is 7. The second kappa shape index (κ2) is 10.5. The molecule has 178 valence electrons. The van der Waals surface area contributed by atoms with Gasteiger partial charge in [0, 0.05) is 38.3 Å². The smallest absolute Gasteiger partial charge is 0.270 e. The third kappa shape index (κ3) is 5.44. The van der Waals surface area contributed by atoms with E-state index in [1.54, 1.807) is 13.8 Å². The molecule has 0 aliphatic carbocycles. The lowest BCUT2D eigenvalue weighted by Crippen LogP contribution is -2.37. The highest BCUT2D eigenvalue weighted by Crippen LogP contribution is 2.30. The Morgan fingerprint density at radius 2 is 1.85 bits per heavy atom. The Morgan fingerprint density at radius 1 is 1.18 bits per heavy atom. The first-order chi connectivity index (χ1) is 15.7. The molecule has 0 atom stereocenters. The first-order valence-electron chi connectivity index (χ1n) is 10.4. The van der Waals surface area contributed by atoms with E-state index in [0.717, 1.165) is 0 Å². The number of ether oxygens (including phenoxy) is 1. The molecule has 33 heavy (non-hydrogen) atoms. The fraction of sp³-hybridized carbons (Fsp3) is 0.381. The molecule has 1 amide bonds. The van der Waals surface area contributed by atoms with Gasteiger partial charge in [-0.25, -0.2) is 8.42 Å². The van der Waals surface area contributed by atoms with Gasteiger partial charge in [-0.2, -0.15) is 4.31 Å². The molecular formula is C21H25ClN4O6S. The molecule has 0 saturated carbocycles. The maximum Gasteiger partial charge on any atom is 0.270 e. The number of nitro groups is 1. The minimum atomic E-state index is -3.77. The number of halogens is 1. The summed E-state index contributed by atoms with van der Waals surface area (Å²) in [4.78, 5) is 25.8. The summed E-state index contributed by atoms with van der Waals surface area (Å²) in [5.41, 5.74) is 0.457. The summed E-state index contributed by atoms with van der Waals surface area (Å²) in [7, 11) is -3.77. The van der Waals surface area contributed by atoms with Crippen LogP contribution in [0.25, 0.3) is 0 Å². The Balaban J connectivity index is 1.98. The number of morpholine rings is 1. The van der Waals surface area contributed by atoms with Gasteiger partial charge in [-0.15, -0.1) is 0 Å². The Morgan fingerprint density at radius 3 is 2.45 bits per heavy atom. The van der Waals surface area contributed by atoms with E-state index < -0.39 is 20.9 Å². The quantitative estimate of drug-likeness (QED) is 0.439. The van der Waals surface area contributed by atoms with Crippen molar-refractivity contribution in [3.05, 3.63) is 57.1 Å². The average molecular weight is 497 g/mol. The second-order valence-electron chi connectivity index (χ2n) is 7.24. The fourth-order valence-electron chi connectivity index (χ4n) is 3.56. The van der Waals surface area contributed by atoms with E-state index >= 15 is 0 Å². The van der Waals surface area contributed by atoms with Crippen LogP contribution < -0.4 is 10.2 Å². The van der Waals surface area contributed by atoms with Gasteiger partial charge in [0.15, 0.2) is 0 Å². The van der Waals surface area contributed by atoms with E-state index in [2.05, 4.69) is 5.32 Å². The molecule has 1 N–H and O–H groups in total. The molecule has 0 unspecified atom stereocenters. The van der Waals surface area contributed by atoms with Gasteiger partial charge in [0.05, 0.1) is 45.0 Å². The molecule has 0 bridgehead atoms. The van der Waals surface area contributed by atoms with E-state index in [1.807, 2.05) is 4.90 Å². The summed E-state index contributed by atoms with van der Waals surface area (Å²) in [6.07, 6.45) is 0. The SMILES string of the molecule is CCN(CC)S(=O)(=O)c1ccc(Cl)c(NC(=O)c2cc([N+](=O)[O-])ccc2N2CCOCC2)c1. The Bertz CT molecular complexity index is 1150. The van der Waals surface area contributed by atoms with Crippen molar-refractivity contribution < 1.29 is 22.9 Å². The summed E-state index contributed by atoms with van der Waals surface area (Å²) < 4.78 is 32.4. The molecule has 3 rings (SSSR count). The number of carbonyl (C=O) groups is 1. The van der Waals surface area contributed by atoms with Crippen molar-refractivity contribution in [2.45, 2.75) is 18.7 Å². The number of nitrogens with zero attached hydrogens (tertiary/aromatic N) is 3. The van der Waals surface area contributed by atoms with Crippen LogP contribution >= 0.6 is 11.6 Å². The summed E-state index contributed by atoms with van der Waals surface area (Å²) in [6, 6.07) is 8.12. The molecule has 1 heterocycles. The van der Waals surface area contributed by atoms with Gasteiger partial charge < -0.3 is 15.0 Å². The number of hydrogen-bond donors (Lipinski definition) is 1. The topological polar surface area (TPSA) is 122 Å². The first-order valence-corrected chi connectivity index (χ1v) is 12.2. The van der Waals surface area contributed by atoms with Gasteiger partial charge in [0.2, 0.25) is 10.0 Å². The monoisotopic (exact) mass is 496 g/mol. The lowest BCUT2D eigenvalue weighted by molar-refractivity contribution is -0.384. The van der Waals surface area contributed by atoms with Crippen LogP contribution in [0.1, 0.15) is 24.2 Å². The normalized spacial score (nSPS) is 14.4. The van der Waals surface area contributed by atoms with Crippen LogP contribution in [0.2, 0.25) is 5.02 Å². The molecule has 1 aliphatic heterocycles. The Hall–Kier alpha value is -2.73. The zero-order valence-corrected chi connectivity index (χ0v) is 19.9. The summed E-state index contributed by atoms with van der Waals surface area (Å²) >= 11 is 6.24. The highest BCUT2D eigenvalue weighted by molar-refractivity contribution is 7.89. The second-order valence-corrected chi connectivity index (χ2v) is 9.59. The number of benzene rings is 2. The molecule has 12 heteroatoms. The van der Waals surface area contributed by atoms with Gasteiger partial charge >= 0.3 is 0 Å². The fourth-order valence-corrected chi connectivity index (χ4v) is 5.21. The summed E-state index contributed by atoms with van der Waals surface area (Å²) in [5.74, 6) is -0.639. The number of nitro benzene ring substituents is 1. The van der Waals surface area contributed by atoms with Crippen LogP contribution in [0.5, 0.6) is 0 Å². The minimum absolute atomic E-state index is 0.0154. The highest BCUT2D eigenvalue weighted by Gasteiger charge is 2.25. The molecular weight excluding hydrogens is 472 g/mol. The third-order valence-electron chi connectivity index (χ3n) is 5.32. The van der Waals surface area contributed by atoms with Crippen LogP contribution in [0.3, 0.4) is 0 Å². The largest absolute Gasteiger partial charge is 0.378 e. The van der Waals surface area contributed by atoms with Crippen molar-refractivity contribution >= 4 is 44.6 Å². The first kappa shape index (κ1) is 24.9. The Kier molecular flexibility index (Phi) is 7.90. The van der Waals surface area contributed by atoms with Crippen LogP contribution in [-0.2, 0) is 14.8 Å². The van der Waals surface area contributed by atoms with Gasteiger partial charge in [-0.05, 0) is 24.3 Å². The standard InChI is InChI=1S/C21H25ClN4O6S/c1-3-25(4-2)33(30,31)16-6-7-18(22)19(14-16)23-21(27)17-13-15(26(28)29)5-8-20(17)24-9-11-32-12-10-24/h5-8,13-14H,3-4,9-12H2,1-2H3,(H,23,27). The molecule has 0 radical (unpaired) electrons. The summed E-state index contributed by atoms with van der Waals surface area (Å²) in [6.45, 7) is 6.03. The third-order valence-corrected chi connectivity index (χ3v) is 7.69. The van der Waals surface area contributed by atoms with Crippen molar-refractivity contribution in [3.63, 3.8) is 0 Å². The van der Waals surface area contributed by atoms with Gasteiger partial charge in [-0.3, -0.25) is 14.9 Å². The zero-order valence-electron chi connectivity index (χ0n) is 18.3. The number of non-ortho nitro benzene ring substituents is 1. The molecule has 2 aromatic carbocycles. The van der Waals surface area contributed by atoms with Gasteiger partial charge in [0.25, 0.3) is 11.6 Å². The molecule has 1 saturated heterocycles. The van der Waals surface area contributed by atoms with Crippen LogP contribution in [0.15, 0.2) is 41.3 Å².